The first kappa shape index (κ1) is 18.4. The van der Waals surface area contributed by atoms with Gasteiger partial charge in [0.2, 0.25) is 5.91 Å². The lowest BCUT2D eigenvalue weighted by molar-refractivity contribution is -0.126. The molecule has 1 atom stereocenters. The van der Waals surface area contributed by atoms with Crippen LogP contribution in [0.2, 0.25) is 5.02 Å². The Balaban J connectivity index is 1.93. The number of hydrogen-bond donors (Lipinski definition) is 1. The van der Waals surface area contributed by atoms with E-state index in [-0.39, 0.29) is 22.9 Å². The molecule has 1 aromatic carbocycles. The fraction of sp³-hybridized carbons (Fsp3) is 0.412. The van der Waals surface area contributed by atoms with Crippen LogP contribution < -0.4 is 5.32 Å². The maximum absolute atomic E-state index is 13.1. The van der Waals surface area contributed by atoms with Crippen LogP contribution in [-0.2, 0) is 4.79 Å². The Labute approximate surface area is 146 Å². The summed E-state index contributed by atoms with van der Waals surface area (Å²) in [6.07, 6.45) is 1.63. The summed E-state index contributed by atoms with van der Waals surface area (Å²) in [5, 5.41) is 2.88. The lowest BCUT2D eigenvalue weighted by Gasteiger charge is -2.37. The maximum Gasteiger partial charge on any atom is 0.255 e. The number of carbonyl (C=O) groups excluding carboxylic acids is 2. The van der Waals surface area contributed by atoms with Crippen molar-refractivity contribution >= 4 is 23.4 Å². The van der Waals surface area contributed by atoms with E-state index in [4.69, 9.17) is 11.6 Å². The number of carbonyl (C=O) groups is 2. The second kappa shape index (κ2) is 8.26. The van der Waals surface area contributed by atoms with Crippen LogP contribution in [0.1, 0.15) is 17.3 Å². The van der Waals surface area contributed by atoms with Crippen LogP contribution in [0.3, 0.4) is 0 Å². The minimum atomic E-state index is -0.472. The summed E-state index contributed by atoms with van der Waals surface area (Å²) in [5.41, 5.74) is 0.295. The van der Waals surface area contributed by atoms with Crippen molar-refractivity contribution in [3.63, 3.8) is 0 Å². The van der Waals surface area contributed by atoms with Gasteiger partial charge < -0.3 is 10.2 Å². The molecule has 1 heterocycles. The van der Waals surface area contributed by atoms with Crippen molar-refractivity contribution in [3.8, 4) is 0 Å². The molecule has 0 saturated carbocycles. The highest BCUT2D eigenvalue weighted by Gasteiger charge is 2.28. The van der Waals surface area contributed by atoms with Gasteiger partial charge in [0.25, 0.3) is 5.91 Å². The van der Waals surface area contributed by atoms with E-state index < -0.39 is 5.82 Å². The zero-order valence-electron chi connectivity index (χ0n) is 13.6. The monoisotopic (exact) mass is 353 g/mol. The van der Waals surface area contributed by atoms with Gasteiger partial charge in [0.15, 0.2) is 0 Å². The van der Waals surface area contributed by atoms with E-state index in [2.05, 4.69) is 11.9 Å². The van der Waals surface area contributed by atoms with Crippen molar-refractivity contribution < 1.29 is 14.0 Å². The quantitative estimate of drug-likeness (QED) is 0.823. The smallest absolute Gasteiger partial charge is 0.255 e. The Morgan fingerprint density at radius 2 is 2.04 bits per heavy atom. The highest BCUT2D eigenvalue weighted by atomic mass is 35.5. The van der Waals surface area contributed by atoms with Crippen LogP contribution in [0.4, 0.5) is 4.39 Å². The fourth-order valence-corrected chi connectivity index (χ4v) is 2.88. The predicted octanol–water partition coefficient (Wildman–Crippen LogP) is 1.93. The van der Waals surface area contributed by atoms with Crippen LogP contribution in [0.25, 0.3) is 0 Å². The Morgan fingerprint density at radius 1 is 1.38 bits per heavy atom. The van der Waals surface area contributed by atoms with Crippen molar-refractivity contribution in [1.82, 2.24) is 15.1 Å². The van der Waals surface area contributed by atoms with E-state index in [1.54, 1.807) is 11.0 Å². The number of halogens is 2. The van der Waals surface area contributed by atoms with Crippen LogP contribution in [0.5, 0.6) is 0 Å². The first-order chi connectivity index (χ1) is 11.4. The van der Waals surface area contributed by atoms with Gasteiger partial charge in [-0.15, -0.1) is 6.58 Å². The molecule has 0 aliphatic carbocycles. The molecule has 0 spiro atoms. The van der Waals surface area contributed by atoms with Crippen molar-refractivity contribution in [2.24, 2.45) is 0 Å². The number of amides is 2. The molecular formula is C17H21ClFN3O2. The lowest BCUT2D eigenvalue weighted by Crippen LogP contribution is -2.55. The summed E-state index contributed by atoms with van der Waals surface area (Å²) in [6.45, 7) is 8.01. The van der Waals surface area contributed by atoms with E-state index in [1.165, 1.54) is 12.1 Å². The highest BCUT2D eigenvalue weighted by Crippen LogP contribution is 2.20. The zero-order chi connectivity index (χ0) is 17.7. The third-order valence-corrected chi connectivity index (χ3v) is 4.42. The zero-order valence-corrected chi connectivity index (χ0v) is 14.4. The number of benzene rings is 1. The molecule has 0 aromatic heterocycles. The molecule has 2 rings (SSSR count). The van der Waals surface area contributed by atoms with Crippen molar-refractivity contribution in [1.29, 1.82) is 0 Å². The second-order valence-electron chi connectivity index (χ2n) is 5.66. The molecule has 5 nitrogen and oxygen atoms in total. The minimum Gasteiger partial charge on any atom is -0.351 e. The molecule has 1 N–H and O–H groups in total. The molecule has 2 amide bonds. The third-order valence-electron chi connectivity index (χ3n) is 4.11. The molecule has 1 fully saturated rings. The Kier molecular flexibility index (Phi) is 6.34. The number of piperazine rings is 1. The molecular weight excluding hydrogens is 333 g/mol. The number of nitrogens with one attached hydrogen (secondary N) is 1. The molecule has 1 aromatic rings. The van der Waals surface area contributed by atoms with Crippen molar-refractivity contribution in [3.05, 3.63) is 47.3 Å². The summed E-state index contributed by atoms with van der Waals surface area (Å²) in [7, 11) is 0. The van der Waals surface area contributed by atoms with Gasteiger partial charge in [0, 0.05) is 32.7 Å². The standard InChI is InChI=1S/C17H21ClFN3O2/c1-3-6-20-16(23)12(2)21-7-9-22(10-8-21)17(24)14-5-4-13(19)11-15(14)18/h3-5,11-12H,1,6-10H2,2H3,(H,20,23). The maximum atomic E-state index is 13.1. The molecule has 24 heavy (non-hydrogen) atoms. The molecule has 0 bridgehead atoms. The van der Waals surface area contributed by atoms with Gasteiger partial charge in [0.05, 0.1) is 16.6 Å². The molecule has 130 valence electrons. The van der Waals surface area contributed by atoms with Crippen molar-refractivity contribution in [2.45, 2.75) is 13.0 Å². The molecule has 1 saturated heterocycles. The van der Waals surface area contributed by atoms with Gasteiger partial charge in [-0.2, -0.15) is 0 Å². The summed E-state index contributed by atoms with van der Waals surface area (Å²) < 4.78 is 13.1. The predicted molar refractivity (Wildman–Crippen MR) is 91.6 cm³/mol. The Bertz CT molecular complexity index is 630. The number of nitrogens with zero attached hydrogens (tertiary/aromatic N) is 2. The number of hydrogen-bond acceptors (Lipinski definition) is 3. The first-order valence-corrected chi connectivity index (χ1v) is 8.19. The first-order valence-electron chi connectivity index (χ1n) is 7.81. The fourth-order valence-electron chi connectivity index (χ4n) is 2.63. The van der Waals surface area contributed by atoms with Crippen LogP contribution in [0.15, 0.2) is 30.9 Å². The molecule has 0 radical (unpaired) electrons. The van der Waals surface area contributed by atoms with Gasteiger partial charge in [-0.05, 0) is 25.1 Å². The van der Waals surface area contributed by atoms with Crippen LogP contribution in [0, 0.1) is 5.82 Å². The van der Waals surface area contributed by atoms with Crippen molar-refractivity contribution in [2.75, 3.05) is 32.7 Å². The van der Waals surface area contributed by atoms with Crippen LogP contribution in [-0.4, -0.2) is 60.4 Å². The van der Waals surface area contributed by atoms with E-state index in [9.17, 15) is 14.0 Å². The average molecular weight is 354 g/mol. The van der Waals surface area contributed by atoms with E-state index in [0.717, 1.165) is 6.07 Å². The summed E-state index contributed by atoms with van der Waals surface area (Å²) in [6, 6.07) is 3.49. The van der Waals surface area contributed by atoms with Gasteiger partial charge >= 0.3 is 0 Å². The summed E-state index contributed by atoms with van der Waals surface area (Å²) in [5.74, 6) is -0.750. The largest absolute Gasteiger partial charge is 0.351 e. The van der Waals surface area contributed by atoms with Crippen LogP contribution >= 0.6 is 11.6 Å². The third kappa shape index (κ3) is 4.33. The Morgan fingerprint density at radius 3 is 2.62 bits per heavy atom. The normalized spacial score (nSPS) is 16.5. The highest BCUT2D eigenvalue weighted by molar-refractivity contribution is 6.33. The SMILES string of the molecule is C=CCNC(=O)C(C)N1CCN(C(=O)c2ccc(F)cc2Cl)CC1. The van der Waals surface area contributed by atoms with Gasteiger partial charge in [-0.1, -0.05) is 17.7 Å². The lowest BCUT2D eigenvalue weighted by atomic mass is 10.1. The molecule has 1 aliphatic rings. The molecule has 7 heteroatoms. The minimum absolute atomic E-state index is 0.0590. The average Bonchev–Trinajstić information content (AvgIpc) is 2.58. The molecule has 1 unspecified atom stereocenters. The van der Waals surface area contributed by atoms with E-state index in [0.29, 0.717) is 38.3 Å². The summed E-state index contributed by atoms with van der Waals surface area (Å²) >= 11 is 5.95. The summed E-state index contributed by atoms with van der Waals surface area (Å²) in [4.78, 5) is 28.2. The number of rotatable bonds is 5. The second-order valence-corrected chi connectivity index (χ2v) is 6.07. The molecule has 1 aliphatic heterocycles. The van der Waals surface area contributed by atoms with E-state index >= 15 is 0 Å². The van der Waals surface area contributed by atoms with Gasteiger partial charge in [0.1, 0.15) is 5.82 Å². The topological polar surface area (TPSA) is 52.7 Å². The van der Waals surface area contributed by atoms with Gasteiger partial charge in [-0.25, -0.2) is 4.39 Å². The van der Waals surface area contributed by atoms with Gasteiger partial charge in [-0.3, -0.25) is 14.5 Å². The van der Waals surface area contributed by atoms with E-state index in [1.807, 2.05) is 11.8 Å². The Hall–Kier alpha value is -1.92.